The molecule has 1 aromatic carbocycles. The van der Waals surface area contributed by atoms with Crippen LogP contribution in [-0.4, -0.2) is 33.8 Å². The van der Waals surface area contributed by atoms with Crippen LogP contribution in [0.5, 0.6) is 0 Å². The molecule has 6 nitrogen and oxygen atoms in total. The van der Waals surface area contributed by atoms with Crippen molar-refractivity contribution in [1.82, 2.24) is 15.2 Å². The maximum absolute atomic E-state index is 14.2. The average Bonchev–Trinajstić information content (AvgIpc) is 3.41. The molecule has 2 aliphatic rings. The van der Waals surface area contributed by atoms with Crippen molar-refractivity contribution >= 4 is 34.9 Å². The van der Waals surface area contributed by atoms with Gasteiger partial charge in [-0.1, -0.05) is 42.2 Å². The molecule has 0 radical (unpaired) electrons. The van der Waals surface area contributed by atoms with E-state index < -0.39 is 18.2 Å². The van der Waals surface area contributed by atoms with Gasteiger partial charge in [-0.3, -0.25) is 9.78 Å². The quantitative estimate of drug-likeness (QED) is 0.546. The number of rotatable bonds is 5. The SMILES string of the molecule is CCC(CC)NC(=O)c1cc2c(cn1)CN(C1=NOC(c3cc(Cl)cc(Cl)c3)(C(F)(F)F)C1)C2. The molecule has 0 spiro atoms. The molecular weight excluding hydrogens is 492 g/mol. The van der Waals surface area contributed by atoms with Crippen molar-refractivity contribution in [2.75, 3.05) is 0 Å². The standard InChI is InChI=1S/C23H23Cl2F3N4O2/c1-3-18(4-2)30-21(33)19-5-13-11-32(12-14(13)10-29-19)20-9-22(34-31-20,23(26,27)28)15-6-16(24)8-17(25)7-15/h5-8,10,18H,3-4,9,11-12H2,1-2H3,(H,30,33). The van der Waals surface area contributed by atoms with Crippen LogP contribution >= 0.6 is 23.2 Å². The van der Waals surface area contributed by atoms with Crippen LogP contribution in [0.15, 0.2) is 35.6 Å². The van der Waals surface area contributed by atoms with Crippen LogP contribution in [0.4, 0.5) is 13.2 Å². The van der Waals surface area contributed by atoms with Crippen LogP contribution in [0.3, 0.4) is 0 Å². The number of nitrogens with one attached hydrogen (secondary N) is 1. The van der Waals surface area contributed by atoms with E-state index in [2.05, 4.69) is 15.5 Å². The number of hydrogen-bond donors (Lipinski definition) is 1. The van der Waals surface area contributed by atoms with Crippen molar-refractivity contribution in [2.24, 2.45) is 5.16 Å². The number of pyridine rings is 1. The first kappa shape index (κ1) is 24.6. The Balaban J connectivity index is 1.53. The Morgan fingerprint density at radius 1 is 1.15 bits per heavy atom. The molecule has 34 heavy (non-hydrogen) atoms. The number of oxime groups is 1. The second-order valence-electron chi connectivity index (χ2n) is 8.44. The van der Waals surface area contributed by atoms with Crippen LogP contribution < -0.4 is 5.32 Å². The molecule has 2 aromatic rings. The highest BCUT2D eigenvalue weighted by atomic mass is 35.5. The molecule has 1 atom stereocenters. The number of benzene rings is 1. The maximum Gasteiger partial charge on any atom is 0.435 e. The van der Waals surface area contributed by atoms with Gasteiger partial charge >= 0.3 is 6.18 Å². The first-order valence-electron chi connectivity index (χ1n) is 10.9. The van der Waals surface area contributed by atoms with Crippen molar-refractivity contribution < 1.29 is 22.8 Å². The lowest BCUT2D eigenvalue weighted by Crippen LogP contribution is -2.43. The summed E-state index contributed by atoms with van der Waals surface area (Å²) in [6.07, 6.45) is -2.10. The van der Waals surface area contributed by atoms with Crippen LogP contribution in [0.25, 0.3) is 0 Å². The first-order valence-corrected chi connectivity index (χ1v) is 11.6. The Morgan fingerprint density at radius 2 is 1.79 bits per heavy atom. The fourth-order valence-corrected chi connectivity index (χ4v) is 4.71. The number of fused-ring (bicyclic) bond motifs is 1. The number of aromatic nitrogens is 1. The summed E-state index contributed by atoms with van der Waals surface area (Å²) in [4.78, 5) is 23.6. The van der Waals surface area contributed by atoms with E-state index in [0.29, 0.717) is 6.54 Å². The Morgan fingerprint density at radius 3 is 2.41 bits per heavy atom. The predicted octanol–water partition coefficient (Wildman–Crippen LogP) is 5.81. The van der Waals surface area contributed by atoms with E-state index in [4.69, 9.17) is 28.0 Å². The van der Waals surface area contributed by atoms with Gasteiger partial charge in [-0.15, -0.1) is 0 Å². The highest BCUT2D eigenvalue weighted by Crippen LogP contribution is 2.49. The van der Waals surface area contributed by atoms with Gasteiger partial charge in [0, 0.05) is 40.9 Å². The lowest BCUT2D eigenvalue weighted by atomic mass is 9.89. The van der Waals surface area contributed by atoms with Crippen LogP contribution in [0.2, 0.25) is 10.0 Å². The van der Waals surface area contributed by atoms with Gasteiger partial charge in [0.2, 0.25) is 0 Å². The highest BCUT2D eigenvalue weighted by molar-refractivity contribution is 6.34. The third-order valence-corrected chi connectivity index (χ3v) is 6.66. The molecule has 1 N–H and O–H groups in total. The number of amides is 1. The normalized spacial score (nSPS) is 19.8. The number of carbonyl (C=O) groups excluding carboxylic acids is 1. The van der Waals surface area contributed by atoms with Crippen molar-refractivity contribution in [3.63, 3.8) is 0 Å². The van der Waals surface area contributed by atoms with Crippen molar-refractivity contribution in [3.8, 4) is 0 Å². The summed E-state index contributed by atoms with van der Waals surface area (Å²) in [7, 11) is 0. The van der Waals surface area contributed by atoms with Gasteiger partial charge in [0.15, 0.2) is 0 Å². The van der Waals surface area contributed by atoms with Gasteiger partial charge in [0.05, 0.1) is 6.42 Å². The average molecular weight is 515 g/mol. The van der Waals surface area contributed by atoms with E-state index in [9.17, 15) is 18.0 Å². The fraction of sp³-hybridized carbons (Fsp3) is 0.435. The Kier molecular flexibility index (Phi) is 6.70. The molecule has 1 aromatic heterocycles. The van der Waals surface area contributed by atoms with E-state index in [1.807, 2.05) is 13.8 Å². The zero-order valence-electron chi connectivity index (χ0n) is 18.5. The summed E-state index contributed by atoms with van der Waals surface area (Å²) in [5.74, 6) is -0.127. The van der Waals surface area contributed by atoms with Crippen molar-refractivity contribution in [3.05, 3.63) is 62.9 Å². The highest BCUT2D eigenvalue weighted by Gasteiger charge is 2.63. The number of alkyl halides is 3. The molecular formula is C23H23Cl2F3N4O2. The molecule has 0 saturated heterocycles. The summed E-state index contributed by atoms with van der Waals surface area (Å²) < 4.78 is 42.7. The second kappa shape index (κ2) is 9.26. The van der Waals surface area contributed by atoms with Crippen LogP contribution in [0, 0.1) is 0 Å². The summed E-state index contributed by atoms with van der Waals surface area (Å²) in [5, 5.41) is 6.89. The molecule has 2 aliphatic heterocycles. The first-order chi connectivity index (χ1) is 16.1. The third-order valence-electron chi connectivity index (χ3n) is 6.22. The summed E-state index contributed by atoms with van der Waals surface area (Å²) in [6.45, 7) is 4.58. The Hall–Kier alpha value is -2.52. The van der Waals surface area contributed by atoms with E-state index in [0.717, 1.165) is 24.0 Å². The molecule has 11 heteroatoms. The lowest BCUT2D eigenvalue weighted by molar-refractivity contribution is -0.275. The van der Waals surface area contributed by atoms with E-state index in [1.165, 1.54) is 18.2 Å². The molecule has 1 amide bonds. The number of halogens is 5. The number of carbonyl (C=O) groups is 1. The van der Waals surface area contributed by atoms with Gasteiger partial charge in [0.1, 0.15) is 11.5 Å². The minimum absolute atomic E-state index is 0.0551. The molecule has 1 unspecified atom stereocenters. The van der Waals surface area contributed by atoms with E-state index >= 15 is 0 Å². The van der Waals surface area contributed by atoms with Crippen molar-refractivity contribution in [1.29, 1.82) is 0 Å². The van der Waals surface area contributed by atoms with E-state index in [1.54, 1.807) is 17.2 Å². The number of nitrogens with zero attached hydrogens (tertiary/aromatic N) is 3. The van der Waals surface area contributed by atoms with Gasteiger partial charge < -0.3 is 15.1 Å². The van der Waals surface area contributed by atoms with Crippen LogP contribution in [-0.2, 0) is 23.5 Å². The zero-order chi connectivity index (χ0) is 24.7. The molecule has 0 bridgehead atoms. The Bertz CT molecular complexity index is 1120. The Labute approximate surface area is 205 Å². The number of amidine groups is 1. The van der Waals surface area contributed by atoms with Crippen LogP contribution in [0.1, 0.15) is 60.3 Å². The maximum atomic E-state index is 14.2. The fourth-order valence-electron chi connectivity index (χ4n) is 4.19. The molecule has 0 aliphatic carbocycles. The smallest absolute Gasteiger partial charge is 0.372 e. The van der Waals surface area contributed by atoms with Gasteiger partial charge in [0.25, 0.3) is 11.5 Å². The van der Waals surface area contributed by atoms with Gasteiger partial charge in [-0.05, 0) is 48.2 Å². The monoisotopic (exact) mass is 514 g/mol. The summed E-state index contributed by atoms with van der Waals surface area (Å²) >= 11 is 11.9. The minimum atomic E-state index is -4.76. The number of hydrogen-bond acceptors (Lipinski definition) is 5. The summed E-state index contributed by atoms with van der Waals surface area (Å²) in [5.41, 5.74) is -1.00. The zero-order valence-corrected chi connectivity index (χ0v) is 20.1. The van der Waals surface area contributed by atoms with Crippen molar-refractivity contribution in [2.45, 2.75) is 64.0 Å². The van der Waals surface area contributed by atoms with Gasteiger partial charge in [-0.25, -0.2) is 0 Å². The lowest BCUT2D eigenvalue weighted by Gasteiger charge is -2.30. The molecule has 4 rings (SSSR count). The molecule has 182 valence electrons. The topological polar surface area (TPSA) is 66.8 Å². The molecule has 0 saturated carbocycles. The molecule has 3 heterocycles. The largest absolute Gasteiger partial charge is 0.435 e. The molecule has 0 fully saturated rings. The summed E-state index contributed by atoms with van der Waals surface area (Å²) in [6, 6.07) is 5.46. The minimum Gasteiger partial charge on any atom is -0.372 e. The third kappa shape index (κ3) is 4.55. The van der Waals surface area contributed by atoms with E-state index in [-0.39, 0.29) is 45.6 Å². The second-order valence-corrected chi connectivity index (χ2v) is 9.31. The predicted molar refractivity (Wildman–Crippen MR) is 123 cm³/mol. The van der Waals surface area contributed by atoms with Gasteiger partial charge in [-0.2, -0.15) is 13.2 Å².